The van der Waals surface area contributed by atoms with Crippen LogP contribution in [-0.2, 0) is 21.3 Å². The summed E-state index contributed by atoms with van der Waals surface area (Å²) in [5, 5.41) is 2.25. The molecule has 0 aliphatic rings. The largest absolute Gasteiger partial charge is 0.468 e. The summed E-state index contributed by atoms with van der Waals surface area (Å²) in [6.07, 6.45) is 4.62. The molecule has 2 aromatic heterocycles. The molecule has 0 fully saturated rings. The van der Waals surface area contributed by atoms with Crippen molar-refractivity contribution in [3.63, 3.8) is 0 Å². The van der Waals surface area contributed by atoms with Gasteiger partial charge in [-0.2, -0.15) is 0 Å². The van der Waals surface area contributed by atoms with Crippen molar-refractivity contribution in [2.45, 2.75) is 33.3 Å². The molecule has 2 rings (SSSR count). The Morgan fingerprint density at radius 3 is 2.48 bits per heavy atom. The van der Waals surface area contributed by atoms with Crippen LogP contribution >= 0.6 is 0 Å². The van der Waals surface area contributed by atoms with Crippen LogP contribution in [0.1, 0.15) is 26.5 Å². The van der Waals surface area contributed by atoms with Crippen LogP contribution in [0.3, 0.4) is 0 Å². The number of carbonyl (C=O) groups is 2. The first kappa shape index (κ1) is 20.2. The van der Waals surface area contributed by atoms with Crippen molar-refractivity contribution >= 4 is 17.7 Å². The lowest BCUT2D eigenvalue weighted by Gasteiger charge is -2.19. The van der Waals surface area contributed by atoms with E-state index in [1.807, 2.05) is 13.1 Å². The van der Waals surface area contributed by atoms with Crippen molar-refractivity contribution in [3.8, 4) is 0 Å². The summed E-state index contributed by atoms with van der Waals surface area (Å²) in [7, 11) is 2.96. The van der Waals surface area contributed by atoms with Gasteiger partial charge in [0.1, 0.15) is 12.1 Å². The Balaban J connectivity index is 0.000000250. The number of aryl methyl sites for hydroxylation is 2. The average Bonchev–Trinajstić information content (AvgIpc) is 2.89. The van der Waals surface area contributed by atoms with Gasteiger partial charge in [0.25, 0.3) is 5.56 Å². The maximum Gasteiger partial charge on any atom is 0.408 e. The number of fused-ring (bicyclic) bond motifs is 1. The number of carbonyl (C=O) groups excluding carboxylic acids is 2. The minimum Gasteiger partial charge on any atom is -0.468 e. The summed E-state index contributed by atoms with van der Waals surface area (Å²) >= 11 is 0. The Hall–Kier alpha value is -2.84. The predicted octanol–water partition coefficient (Wildman–Crippen LogP) is 1.03. The molecule has 0 aromatic carbocycles. The molecule has 0 bridgehead atoms. The number of imidazole rings is 1. The number of aromatic nitrogens is 3. The van der Waals surface area contributed by atoms with Gasteiger partial charge < -0.3 is 19.4 Å². The second-order valence-corrected chi connectivity index (χ2v) is 6.24. The Bertz CT molecular complexity index is 801. The third-order valence-electron chi connectivity index (χ3n) is 2.94. The maximum absolute atomic E-state index is 11.4. The summed E-state index contributed by atoms with van der Waals surface area (Å²) < 4.78 is 12.5. The lowest BCUT2D eigenvalue weighted by molar-refractivity contribution is -0.139. The summed E-state index contributed by atoms with van der Waals surface area (Å²) in [6.45, 7) is 6.96. The number of rotatable bonds is 2. The van der Waals surface area contributed by atoms with Gasteiger partial charge in [0.2, 0.25) is 5.65 Å². The molecular formula is C16H24N4O5. The second-order valence-electron chi connectivity index (χ2n) is 6.24. The van der Waals surface area contributed by atoms with Gasteiger partial charge in [-0.15, -0.1) is 0 Å². The van der Waals surface area contributed by atoms with Gasteiger partial charge in [0, 0.05) is 31.3 Å². The van der Waals surface area contributed by atoms with E-state index in [2.05, 4.69) is 15.0 Å². The van der Waals surface area contributed by atoms with E-state index in [-0.39, 0.29) is 12.1 Å². The number of esters is 1. The first-order valence-corrected chi connectivity index (χ1v) is 7.58. The third kappa shape index (κ3) is 6.28. The lowest BCUT2D eigenvalue weighted by Crippen LogP contribution is -2.35. The number of hydrogen-bond acceptors (Lipinski definition) is 6. The molecule has 25 heavy (non-hydrogen) atoms. The molecule has 9 heteroatoms. The van der Waals surface area contributed by atoms with Crippen molar-refractivity contribution in [2.24, 2.45) is 7.05 Å². The topological polar surface area (TPSA) is 104 Å². The zero-order chi connectivity index (χ0) is 19.2. The van der Waals surface area contributed by atoms with Crippen LogP contribution in [0.15, 0.2) is 23.4 Å². The van der Waals surface area contributed by atoms with Gasteiger partial charge in [0.15, 0.2) is 0 Å². The van der Waals surface area contributed by atoms with Crippen molar-refractivity contribution < 1.29 is 19.1 Å². The first-order chi connectivity index (χ1) is 11.5. The molecule has 0 aliphatic carbocycles. The highest BCUT2D eigenvalue weighted by atomic mass is 16.6. The summed E-state index contributed by atoms with van der Waals surface area (Å²) in [6, 6.07) is 0. The zero-order valence-corrected chi connectivity index (χ0v) is 15.3. The quantitative estimate of drug-likeness (QED) is 0.810. The molecule has 0 saturated carbocycles. The molecule has 0 atom stereocenters. The Morgan fingerprint density at radius 2 is 1.92 bits per heavy atom. The van der Waals surface area contributed by atoms with Gasteiger partial charge >= 0.3 is 12.1 Å². The number of alkyl carbamates (subject to hydrolysis) is 1. The predicted molar refractivity (Wildman–Crippen MR) is 91.4 cm³/mol. The maximum atomic E-state index is 11.4. The van der Waals surface area contributed by atoms with Gasteiger partial charge in [-0.1, -0.05) is 0 Å². The van der Waals surface area contributed by atoms with Gasteiger partial charge in [0.05, 0.1) is 7.11 Å². The minimum absolute atomic E-state index is 0.0643. The fraction of sp³-hybridized carbons (Fsp3) is 0.500. The highest BCUT2D eigenvalue weighted by molar-refractivity contribution is 5.77. The summed E-state index contributed by atoms with van der Waals surface area (Å²) in [5.74, 6) is -0.508. The van der Waals surface area contributed by atoms with E-state index in [1.165, 1.54) is 11.7 Å². The monoisotopic (exact) mass is 352 g/mol. The molecule has 2 heterocycles. The number of amides is 1. The van der Waals surface area contributed by atoms with Crippen molar-refractivity contribution in [1.29, 1.82) is 0 Å². The number of methoxy groups -OCH3 is 1. The fourth-order valence-corrected chi connectivity index (χ4v) is 1.72. The van der Waals surface area contributed by atoms with E-state index >= 15 is 0 Å². The van der Waals surface area contributed by atoms with Gasteiger partial charge in [-0.25, -0.2) is 9.78 Å². The van der Waals surface area contributed by atoms with E-state index in [0.717, 1.165) is 5.69 Å². The summed E-state index contributed by atoms with van der Waals surface area (Å²) in [5.41, 5.74) is 0.839. The highest BCUT2D eigenvalue weighted by Gasteiger charge is 2.16. The molecule has 138 valence electrons. The average molecular weight is 352 g/mol. The second kappa shape index (κ2) is 8.32. The Kier molecular flexibility index (Phi) is 6.72. The van der Waals surface area contributed by atoms with E-state index < -0.39 is 17.7 Å². The number of hydrogen-bond donors (Lipinski definition) is 1. The number of ether oxygens (including phenoxy) is 2. The molecule has 0 saturated heterocycles. The third-order valence-corrected chi connectivity index (χ3v) is 2.94. The summed E-state index contributed by atoms with van der Waals surface area (Å²) in [4.78, 5) is 37.0. The zero-order valence-electron chi connectivity index (χ0n) is 15.3. The lowest BCUT2D eigenvalue weighted by atomic mass is 10.2. The molecule has 9 nitrogen and oxygen atoms in total. The minimum atomic E-state index is -0.627. The van der Waals surface area contributed by atoms with Crippen molar-refractivity contribution in [3.05, 3.63) is 34.6 Å². The van der Waals surface area contributed by atoms with E-state index in [9.17, 15) is 14.4 Å². The normalized spacial score (nSPS) is 10.6. The van der Waals surface area contributed by atoms with E-state index in [4.69, 9.17) is 4.74 Å². The first-order valence-electron chi connectivity index (χ1n) is 7.58. The fourth-order valence-electron chi connectivity index (χ4n) is 1.72. The van der Waals surface area contributed by atoms with Crippen LogP contribution in [0.2, 0.25) is 0 Å². The molecule has 2 aromatic rings. The van der Waals surface area contributed by atoms with Crippen LogP contribution < -0.4 is 10.9 Å². The molecule has 0 aliphatic heterocycles. The van der Waals surface area contributed by atoms with Crippen LogP contribution in [0, 0.1) is 6.92 Å². The van der Waals surface area contributed by atoms with Crippen LogP contribution in [-0.4, -0.2) is 45.3 Å². The van der Waals surface area contributed by atoms with Crippen molar-refractivity contribution in [2.75, 3.05) is 13.7 Å². The SMILES string of the molecule is COC(=O)CNC(=O)OC(C)(C)C.Cc1cnc2c(=O)n(C)ccn12. The van der Waals surface area contributed by atoms with E-state index in [0.29, 0.717) is 5.65 Å². The van der Waals surface area contributed by atoms with Crippen LogP contribution in [0.25, 0.3) is 5.65 Å². The smallest absolute Gasteiger partial charge is 0.408 e. The Morgan fingerprint density at radius 1 is 1.28 bits per heavy atom. The van der Waals surface area contributed by atoms with E-state index in [1.54, 1.807) is 44.6 Å². The number of nitrogens with zero attached hydrogens (tertiary/aromatic N) is 3. The van der Waals surface area contributed by atoms with Gasteiger partial charge in [-0.3, -0.25) is 14.0 Å². The molecule has 0 radical (unpaired) electrons. The van der Waals surface area contributed by atoms with Crippen LogP contribution in [0.5, 0.6) is 0 Å². The Labute approximate surface area is 145 Å². The molecule has 1 amide bonds. The van der Waals surface area contributed by atoms with Crippen LogP contribution in [0.4, 0.5) is 4.79 Å². The molecule has 0 spiro atoms. The van der Waals surface area contributed by atoms with Crippen molar-refractivity contribution in [1.82, 2.24) is 19.3 Å². The molecule has 1 N–H and O–H groups in total. The molecule has 0 unspecified atom stereocenters. The number of nitrogens with one attached hydrogen (secondary N) is 1. The highest BCUT2D eigenvalue weighted by Crippen LogP contribution is 2.06. The molecular weight excluding hydrogens is 328 g/mol. The standard InChI is InChI=1S/C8H9N3O.C8H15NO4/c1-6-5-9-7-8(12)10(2)3-4-11(6)7;1-8(2,3)13-7(11)9-5-6(10)12-4/h3-5H,1-2H3;5H2,1-4H3,(H,9,11). The van der Waals surface area contributed by atoms with Gasteiger partial charge in [-0.05, 0) is 27.7 Å².